The minimum Gasteiger partial charge on any atom is -0.381 e. The van der Waals surface area contributed by atoms with Crippen LogP contribution in [0, 0.1) is 16.0 Å². The first-order valence-electron chi connectivity index (χ1n) is 6.54. The van der Waals surface area contributed by atoms with Gasteiger partial charge in [-0.1, -0.05) is 18.0 Å². The molecule has 4 nitrogen and oxygen atoms in total. The van der Waals surface area contributed by atoms with Crippen molar-refractivity contribution in [1.29, 1.82) is 0 Å². The second-order valence-corrected chi connectivity index (χ2v) is 5.57. The number of alkyl halides is 3. The number of halogens is 4. The Hall–Kier alpha value is -1.50. The largest absolute Gasteiger partial charge is 0.391 e. The van der Waals surface area contributed by atoms with Crippen molar-refractivity contribution in [2.45, 2.75) is 37.9 Å². The van der Waals surface area contributed by atoms with Gasteiger partial charge in [-0.15, -0.1) is 0 Å². The molecule has 2 rings (SSSR count). The van der Waals surface area contributed by atoms with Gasteiger partial charge in [-0.3, -0.25) is 10.1 Å². The molecule has 0 aromatic heterocycles. The number of non-ortho nitro benzene ring substituents is 1. The van der Waals surface area contributed by atoms with Gasteiger partial charge in [0.25, 0.3) is 5.69 Å². The summed E-state index contributed by atoms with van der Waals surface area (Å²) < 4.78 is 38.3. The van der Waals surface area contributed by atoms with E-state index in [2.05, 4.69) is 5.32 Å². The third-order valence-electron chi connectivity index (χ3n) is 3.66. The summed E-state index contributed by atoms with van der Waals surface area (Å²) in [5.74, 6) is -1.33. The number of rotatable bonds is 3. The van der Waals surface area contributed by atoms with Crippen LogP contribution in [0.1, 0.15) is 25.7 Å². The minimum atomic E-state index is -4.20. The number of anilines is 1. The summed E-state index contributed by atoms with van der Waals surface area (Å²) in [7, 11) is 0. The number of nitrogens with one attached hydrogen (secondary N) is 1. The molecule has 1 N–H and O–H groups in total. The van der Waals surface area contributed by atoms with Crippen molar-refractivity contribution < 1.29 is 18.1 Å². The summed E-state index contributed by atoms with van der Waals surface area (Å²) in [5.41, 5.74) is 0.156. The maximum atomic E-state index is 12.8. The summed E-state index contributed by atoms with van der Waals surface area (Å²) in [6.07, 6.45) is -3.06. The van der Waals surface area contributed by atoms with Gasteiger partial charge in [0.05, 0.1) is 21.6 Å². The first-order valence-corrected chi connectivity index (χ1v) is 6.92. The quantitative estimate of drug-likeness (QED) is 0.643. The lowest BCUT2D eigenvalue weighted by Gasteiger charge is -2.31. The molecule has 21 heavy (non-hydrogen) atoms. The average Bonchev–Trinajstić information content (AvgIpc) is 2.40. The zero-order valence-electron chi connectivity index (χ0n) is 11.0. The second kappa shape index (κ2) is 6.09. The maximum Gasteiger partial charge on any atom is 0.391 e. The van der Waals surface area contributed by atoms with Crippen molar-refractivity contribution in [2.24, 2.45) is 5.92 Å². The SMILES string of the molecule is O=[N+]([O-])c1ccc(Cl)c(NC2CCCC(C(F)(F)F)C2)c1. The Balaban J connectivity index is 2.11. The molecule has 0 spiro atoms. The van der Waals surface area contributed by atoms with Gasteiger partial charge in [0, 0.05) is 18.2 Å². The van der Waals surface area contributed by atoms with Crippen LogP contribution >= 0.6 is 11.6 Å². The van der Waals surface area contributed by atoms with Gasteiger partial charge in [0.2, 0.25) is 0 Å². The van der Waals surface area contributed by atoms with Crippen molar-refractivity contribution >= 4 is 23.0 Å². The normalized spacial score (nSPS) is 22.9. The molecule has 1 aliphatic rings. The smallest absolute Gasteiger partial charge is 0.381 e. The fourth-order valence-corrected chi connectivity index (χ4v) is 2.75. The van der Waals surface area contributed by atoms with Crippen LogP contribution < -0.4 is 5.32 Å². The molecule has 1 fully saturated rings. The number of hydrogen-bond donors (Lipinski definition) is 1. The summed E-state index contributed by atoms with van der Waals surface area (Å²) in [6, 6.07) is 3.49. The number of nitro groups is 1. The molecule has 0 saturated heterocycles. The molecule has 2 atom stereocenters. The predicted octanol–water partition coefficient (Wildman–Crippen LogP) is 4.78. The average molecular weight is 323 g/mol. The van der Waals surface area contributed by atoms with Crippen LogP contribution in [0.5, 0.6) is 0 Å². The van der Waals surface area contributed by atoms with E-state index in [-0.39, 0.29) is 29.6 Å². The first kappa shape index (κ1) is 15.9. The topological polar surface area (TPSA) is 55.2 Å². The van der Waals surface area contributed by atoms with E-state index in [0.29, 0.717) is 18.5 Å². The van der Waals surface area contributed by atoms with Crippen LogP contribution in [0.4, 0.5) is 24.5 Å². The highest BCUT2D eigenvalue weighted by Gasteiger charge is 2.42. The molecule has 116 valence electrons. The molecule has 1 aromatic carbocycles. The monoisotopic (exact) mass is 322 g/mol. The van der Waals surface area contributed by atoms with Gasteiger partial charge in [0.1, 0.15) is 0 Å². The lowest BCUT2D eigenvalue weighted by atomic mass is 9.85. The van der Waals surface area contributed by atoms with E-state index in [1.165, 1.54) is 18.2 Å². The molecular formula is C13H14ClF3N2O2. The number of benzene rings is 1. The minimum absolute atomic E-state index is 0.0392. The zero-order valence-corrected chi connectivity index (χ0v) is 11.7. The lowest BCUT2D eigenvalue weighted by Crippen LogP contribution is -2.34. The van der Waals surface area contributed by atoms with E-state index in [1.54, 1.807) is 0 Å². The molecule has 0 bridgehead atoms. The summed E-state index contributed by atoms with van der Waals surface area (Å²) in [5, 5.41) is 13.9. The highest BCUT2D eigenvalue weighted by Crippen LogP contribution is 2.39. The maximum absolute atomic E-state index is 12.8. The van der Waals surface area contributed by atoms with Crippen LogP contribution in [-0.4, -0.2) is 17.1 Å². The van der Waals surface area contributed by atoms with Gasteiger partial charge >= 0.3 is 6.18 Å². The molecule has 8 heteroatoms. The van der Waals surface area contributed by atoms with Crippen LogP contribution in [0.25, 0.3) is 0 Å². The Morgan fingerprint density at radius 1 is 1.33 bits per heavy atom. The molecule has 1 aliphatic carbocycles. The Morgan fingerprint density at radius 3 is 2.67 bits per heavy atom. The van der Waals surface area contributed by atoms with Crippen molar-refractivity contribution in [3.63, 3.8) is 0 Å². The number of nitrogens with zero attached hydrogens (tertiary/aromatic N) is 1. The van der Waals surface area contributed by atoms with Gasteiger partial charge in [-0.2, -0.15) is 13.2 Å². The lowest BCUT2D eigenvalue weighted by molar-refractivity contribution is -0.384. The molecule has 0 aliphatic heterocycles. The van der Waals surface area contributed by atoms with Gasteiger partial charge in [-0.05, 0) is 25.3 Å². The van der Waals surface area contributed by atoms with Crippen LogP contribution in [0.15, 0.2) is 18.2 Å². The summed E-state index contributed by atoms with van der Waals surface area (Å²) in [6.45, 7) is 0. The fourth-order valence-electron chi connectivity index (χ4n) is 2.58. The zero-order chi connectivity index (χ0) is 15.6. The highest BCUT2D eigenvalue weighted by molar-refractivity contribution is 6.33. The molecule has 2 unspecified atom stereocenters. The van der Waals surface area contributed by atoms with E-state index < -0.39 is 17.0 Å². The summed E-state index contributed by atoms with van der Waals surface area (Å²) in [4.78, 5) is 10.2. The van der Waals surface area contributed by atoms with Crippen molar-refractivity contribution in [3.8, 4) is 0 Å². The van der Waals surface area contributed by atoms with Gasteiger partial charge < -0.3 is 5.32 Å². The van der Waals surface area contributed by atoms with Crippen LogP contribution in [0.3, 0.4) is 0 Å². The molecule has 0 radical (unpaired) electrons. The third-order valence-corrected chi connectivity index (χ3v) is 3.99. The van der Waals surface area contributed by atoms with E-state index >= 15 is 0 Å². The van der Waals surface area contributed by atoms with Crippen LogP contribution in [0.2, 0.25) is 5.02 Å². The first-order chi connectivity index (χ1) is 9.77. The Bertz CT molecular complexity index is 537. The van der Waals surface area contributed by atoms with Crippen molar-refractivity contribution in [1.82, 2.24) is 0 Å². The molecule has 0 amide bonds. The number of hydrogen-bond acceptors (Lipinski definition) is 3. The molecular weight excluding hydrogens is 309 g/mol. The molecule has 1 aromatic rings. The Morgan fingerprint density at radius 2 is 2.05 bits per heavy atom. The Labute approximate surface area is 124 Å². The van der Waals surface area contributed by atoms with Gasteiger partial charge in [-0.25, -0.2) is 0 Å². The van der Waals surface area contributed by atoms with Crippen molar-refractivity contribution in [2.75, 3.05) is 5.32 Å². The molecule has 1 saturated carbocycles. The summed E-state index contributed by atoms with van der Waals surface area (Å²) >= 11 is 5.94. The second-order valence-electron chi connectivity index (χ2n) is 5.17. The third kappa shape index (κ3) is 4.00. The van der Waals surface area contributed by atoms with E-state index in [1.807, 2.05) is 0 Å². The predicted molar refractivity (Wildman–Crippen MR) is 73.5 cm³/mol. The van der Waals surface area contributed by atoms with E-state index in [4.69, 9.17) is 11.6 Å². The van der Waals surface area contributed by atoms with E-state index in [9.17, 15) is 23.3 Å². The van der Waals surface area contributed by atoms with Crippen LogP contribution in [-0.2, 0) is 0 Å². The Kier molecular flexibility index (Phi) is 4.61. The van der Waals surface area contributed by atoms with E-state index in [0.717, 1.165) is 0 Å². The van der Waals surface area contributed by atoms with Gasteiger partial charge in [0.15, 0.2) is 0 Å². The fraction of sp³-hybridized carbons (Fsp3) is 0.538. The highest BCUT2D eigenvalue weighted by atomic mass is 35.5. The standard InChI is InChI=1S/C13H14ClF3N2O2/c14-11-5-4-10(19(20)21)7-12(11)18-9-3-1-2-8(6-9)13(15,16)17/h4-5,7-9,18H,1-3,6H2. The number of nitro benzene ring substituents is 1. The van der Waals surface area contributed by atoms with Crippen molar-refractivity contribution in [3.05, 3.63) is 33.3 Å². The molecule has 0 heterocycles.